The summed E-state index contributed by atoms with van der Waals surface area (Å²) >= 11 is 1.59. The molecule has 0 aromatic carbocycles. The molecule has 0 bridgehead atoms. The number of rotatable bonds is 4. The summed E-state index contributed by atoms with van der Waals surface area (Å²) in [4.78, 5) is 21.2. The Morgan fingerprint density at radius 3 is 2.93 bits per heavy atom. The van der Waals surface area contributed by atoms with Crippen LogP contribution >= 0.6 is 11.8 Å². The zero-order valence-corrected chi connectivity index (χ0v) is 8.49. The van der Waals surface area contributed by atoms with Gasteiger partial charge in [0, 0.05) is 24.6 Å². The Hall–Kier alpha value is -1.30. The van der Waals surface area contributed by atoms with Crippen molar-refractivity contribution in [2.24, 2.45) is 0 Å². The minimum absolute atomic E-state index is 0.367. The summed E-state index contributed by atoms with van der Waals surface area (Å²) in [6, 6.07) is 2.73. The van der Waals surface area contributed by atoms with Crippen LogP contribution in [0.5, 0.6) is 0 Å². The molecule has 0 unspecified atom stereocenters. The highest BCUT2D eigenvalue weighted by Crippen LogP contribution is 2.02. The van der Waals surface area contributed by atoms with Crippen LogP contribution in [0, 0.1) is 10.1 Å². The first-order valence-corrected chi connectivity index (χ1v) is 5.39. The molecule has 5 nitrogen and oxygen atoms in total. The number of nitrogens with zero attached hydrogens (tertiary/aromatic N) is 2. The molecule has 0 aliphatic heterocycles. The quantitative estimate of drug-likeness (QED) is 0.556. The summed E-state index contributed by atoms with van der Waals surface area (Å²) in [7, 11) is 0. The van der Waals surface area contributed by atoms with Crippen molar-refractivity contribution in [2.45, 2.75) is 6.54 Å². The van der Waals surface area contributed by atoms with Gasteiger partial charge in [0.2, 0.25) is 0 Å². The van der Waals surface area contributed by atoms with E-state index in [2.05, 4.69) is 0 Å². The second-order valence-corrected chi connectivity index (χ2v) is 3.63. The largest absolute Gasteiger partial charge is 0.334 e. The SMILES string of the molecule is CSCCn1cccc([N+](=O)[O-])c1=O. The van der Waals surface area contributed by atoms with Crippen molar-refractivity contribution >= 4 is 17.4 Å². The van der Waals surface area contributed by atoms with E-state index in [1.165, 1.54) is 16.7 Å². The van der Waals surface area contributed by atoms with Gasteiger partial charge >= 0.3 is 11.2 Å². The van der Waals surface area contributed by atoms with Crippen LogP contribution in [-0.2, 0) is 6.54 Å². The molecule has 0 saturated heterocycles. The molecule has 14 heavy (non-hydrogen) atoms. The van der Waals surface area contributed by atoms with E-state index in [1.54, 1.807) is 18.0 Å². The molecule has 0 N–H and O–H groups in total. The Labute approximate surface area is 84.9 Å². The molecule has 0 aliphatic carbocycles. The summed E-state index contributed by atoms with van der Waals surface area (Å²) in [5.74, 6) is 0.765. The summed E-state index contributed by atoms with van der Waals surface area (Å²) in [6.07, 6.45) is 3.48. The van der Waals surface area contributed by atoms with E-state index in [0.29, 0.717) is 6.54 Å². The molecule has 1 aromatic heterocycles. The molecule has 0 fully saturated rings. The van der Waals surface area contributed by atoms with Crippen molar-refractivity contribution in [2.75, 3.05) is 12.0 Å². The average Bonchev–Trinajstić information content (AvgIpc) is 2.16. The molecule has 0 amide bonds. The lowest BCUT2D eigenvalue weighted by atomic mass is 10.4. The van der Waals surface area contributed by atoms with E-state index in [-0.39, 0.29) is 5.69 Å². The van der Waals surface area contributed by atoms with Gasteiger partial charge in [-0.3, -0.25) is 14.9 Å². The number of hydrogen-bond acceptors (Lipinski definition) is 4. The van der Waals surface area contributed by atoms with Gasteiger partial charge in [0.1, 0.15) is 0 Å². The van der Waals surface area contributed by atoms with E-state index in [0.717, 1.165) is 5.75 Å². The third-order valence-corrected chi connectivity index (χ3v) is 2.32. The molecular formula is C8H10N2O3S. The maximum absolute atomic E-state index is 11.4. The van der Waals surface area contributed by atoms with E-state index in [1.807, 2.05) is 6.26 Å². The minimum atomic E-state index is -0.655. The maximum atomic E-state index is 11.4. The fourth-order valence-electron chi connectivity index (χ4n) is 1.03. The highest BCUT2D eigenvalue weighted by molar-refractivity contribution is 7.98. The number of pyridine rings is 1. The van der Waals surface area contributed by atoms with Crippen molar-refractivity contribution < 1.29 is 4.92 Å². The number of nitro groups is 1. The first-order valence-electron chi connectivity index (χ1n) is 3.99. The average molecular weight is 214 g/mol. The van der Waals surface area contributed by atoms with E-state index in [4.69, 9.17) is 0 Å². The van der Waals surface area contributed by atoms with E-state index < -0.39 is 10.5 Å². The van der Waals surface area contributed by atoms with Crippen LogP contribution < -0.4 is 5.56 Å². The lowest BCUT2D eigenvalue weighted by Gasteiger charge is -2.02. The zero-order chi connectivity index (χ0) is 10.6. The standard InChI is InChI=1S/C8H10N2O3S/c1-14-6-5-9-4-2-3-7(8(9)11)10(12)13/h2-4H,5-6H2,1H3. The topological polar surface area (TPSA) is 65.1 Å². The number of aryl methyl sites for hydroxylation is 1. The molecule has 1 heterocycles. The van der Waals surface area contributed by atoms with Crippen molar-refractivity contribution in [1.29, 1.82) is 0 Å². The van der Waals surface area contributed by atoms with Crippen molar-refractivity contribution in [3.8, 4) is 0 Å². The Bertz CT molecular complexity index is 388. The van der Waals surface area contributed by atoms with Crippen molar-refractivity contribution in [3.05, 3.63) is 38.8 Å². The Balaban J connectivity index is 3.02. The second kappa shape index (κ2) is 4.80. The Morgan fingerprint density at radius 2 is 2.36 bits per heavy atom. The van der Waals surface area contributed by atoms with Gasteiger partial charge in [-0.2, -0.15) is 11.8 Å². The smallest absolute Gasteiger partial charge is 0.309 e. The van der Waals surface area contributed by atoms with Crippen LogP contribution in [0.15, 0.2) is 23.1 Å². The number of aromatic nitrogens is 1. The normalized spacial score (nSPS) is 10.1. The lowest BCUT2D eigenvalue weighted by molar-refractivity contribution is -0.386. The highest BCUT2D eigenvalue weighted by Gasteiger charge is 2.12. The predicted molar refractivity (Wildman–Crippen MR) is 55.7 cm³/mol. The van der Waals surface area contributed by atoms with E-state index >= 15 is 0 Å². The first-order chi connectivity index (χ1) is 6.66. The van der Waals surface area contributed by atoms with Crippen LogP contribution in [0.25, 0.3) is 0 Å². The molecule has 6 heteroatoms. The Morgan fingerprint density at radius 1 is 1.64 bits per heavy atom. The van der Waals surface area contributed by atoms with Gasteiger partial charge < -0.3 is 4.57 Å². The fraction of sp³-hybridized carbons (Fsp3) is 0.375. The van der Waals surface area contributed by atoms with E-state index in [9.17, 15) is 14.9 Å². The zero-order valence-electron chi connectivity index (χ0n) is 7.67. The van der Waals surface area contributed by atoms with Gasteiger partial charge in [-0.05, 0) is 12.3 Å². The van der Waals surface area contributed by atoms with Crippen LogP contribution in [-0.4, -0.2) is 21.5 Å². The number of thioether (sulfide) groups is 1. The van der Waals surface area contributed by atoms with Gasteiger partial charge in [0.15, 0.2) is 0 Å². The fourth-order valence-corrected chi connectivity index (χ4v) is 1.41. The minimum Gasteiger partial charge on any atom is -0.309 e. The van der Waals surface area contributed by atoms with Crippen LogP contribution in [0.3, 0.4) is 0 Å². The third kappa shape index (κ3) is 2.35. The number of hydrogen-bond donors (Lipinski definition) is 0. The molecule has 76 valence electrons. The van der Waals surface area contributed by atoms with Gasteiger partial charge in [-0.1, -0.05) is 0 Å². The monoisotopic (exact) mass is 214 g/mol. The predicted octanol–water partition coefficient (Wildman–Crippen LogP) is 1.12. The second-order valence-electron chi connectivity index (χ2n) is 2.64. The first kappa shape index (κ1) is 10.8. The highest BCUT2D eigenvalue weighted by atomic mass is 32.2. The summed E-state index contributed by atoms with van der Waals surface area (Å²) in [6.45, 7) is 0.502. The Kier molecular flexibility index (Phi) is 3.70. The molecule has 1 rings (SSSR count). The summed E-state index contributed by atoms with van der Waals surface area (Å²) < 4.78 is 1.36. The van der Waals surface area contributed by atoms with Gasteiger partial charge in [0.05, 0.1) is 4.92 Å². The molecular weight excluding hydrogens is 204 g/mol. The molecule has 0 atom stereocenters. The van der Waals surface area contributed by atoms with Gasteiger partial charge in [0.25, 0.3) is 0 Å². The third-order valence-electron chi connectivity index (χ3n) is 1.73. The lowest BCUT2D eigenvalue weighted by Crippen LogP contribution is -2.22. The van der Waals surface area contributed by atoms with Crippen molar-refractivity contribution in [1.82, 2.24) is 4.57 Å². The van der Waals surface area contributed by atoms with Crippen LogP contribution in [0.1, 0.15) is 0 Å². The molecule has 0 spiro atoms. The van der Waals surface area contributed by atoms with Crippen LogP contribution in [0.4, 0.5) is 5.69 Å². The molecule has 1 aromatic rings. The van der Waals surface area contributed by atoms with Gasteiger partial charge in [-0.15, -0.1) is 0 Å². The maximum Gasteiger partial charge on any atom is 0.334 e. The molecule has 0 aliphatic rings. The van der Waals surface area contributed by atoms with Crippen molar-refractivity contribution in [3.63, 3.8) is 0 Å². The summed E-state index contributed by atoms with van der Waals surface area (Å²) in [5.41, 5.74) is -0.903. The van der Waals surface area contributed by atoms with Crippen LogP contribution in [0.2, 0.25) is 0 Å². The molecule has 0 saturated carbocycles. The molecule has 0 radical (unpaired) electrons. The van der Waals surface area contributed by atoms with Gasteiger partial charge in [-0.25, -0.2) is 0 Å². The summed E-state index contributed by atoms with van der Waals surface area (Å²) in [5, 5.41) is 10.4.